The topological polar surface area (TPSA) is 70.7 Å². The zero-order valence-corrected chi connectivity index (χ0v) is 15.5. The summed E-state index contributed by atoms with van der Waals surface area (Å²) in [6, 6.07) is 10.2. The van der Waals surface area contributed by atoms with Crippen LogP contribution in [0.4, 0.5) is 5.69 Å². The fourth-order valence-electron chi connectivity index (χ4n) is 3.59. The molecule has 0 saturated carbocycles. The van der Waals surface area contributed by atoms with Gasteiger partial charge in [0.2, 0.25) is 0 Å². The van der Waals surface area contributed by atoms with Crippen molar-refractivity contribution in [1.82, 2.24) is 9.55 Å². The number of anilines is 1. The summed E-state index contributed by atoms with van der Waals surface area (Å²) < 4.78 is 1.52. The normalized spacial score (nSPS) is 13.4. The van der Waals surface area contributed by atoms with E-state index >= 15 is 0 Å². The van der Waals surface area contributed by atoms with Crippen LogP contribution >= 0.6 is 11.3 Å². The van der Waals surface area contributed by atoms with Gasteiger partial charge in [-0.1, -0.05) is 12.1 Å². The van der Waals surface area contributed by atoms with E-state index in [1.807, 2.05) is 25.1 Å². The molecule has 1 aromatic carbocycles. The van der Waals surface area contributed by atoms with Crippen LogP contribution in [0.2, 0.25) is 0 Å². The van der Waals surface area contributed by atoms with Gasteiger partial charge in [-0.05, 0) is 55.9 Å². The largest absolute Gasteiger partial charge is 0.378 e. The quantitative estimate of drug-likeness (QED) is 0.765. The van der Waals surface area contributed by atoms with Gasteiger partial charge in [-0.2, -0.15) is 5.26 Å². The minimum atomic E-state index is -0.0722. The van der Waals surface area contributed by atoms with Gasteiger partial charge in [-0.3, -0.25) is 9.36 Å². The van der Waals surface area contributed by atoms with E-state index in [4.69, 9.17) is 4.98 Å². The van der Waals surface area contributed by atoms with Crippen molar-refractivity contribution in [2.24, 2.45) is 0 Å². The summed E-state index contributed by atoms with van der Waals surface area (Å²) >= 11 is 1.64. The molecule has 4 rings (SSSR count). The molecule has 1 aliphatic carbocycles. The summed E-state index contributed by atoms with van der Waals surface area (Å²) in [7, 11) is 0. The fourth-order valence-corrected chi connectivity index (χ4v) is 4.86. The van der Waals surface area contributed by atoms with E-state index in [2.05, 4.69) is 17.5 Å². The molecule has 2 heterocycles. The van der Waals surface area contributed by atoms with E-state index in [1.54, 1.807) is 11.3 Å². The van der Waals surface area contributed by atoms with Crippen LogP contribution < -0.4 is 10.9 Å². The number of hydrogen-bond donors (Lipinski definition) is 1. The Hall–Kier alpha value is -2.65. The molecule has 0 amide bonds. The van der Waals surface area contributed by atoms with Crippen molar-refractivity contribution < 1.29 is 0 Å². The first-order valence-corrected chi connectivity index (χ1v) is 9.70. The lowest BCUT2D eigenvalue weighted by molar-refractivity contribution is 0.692. The molecule has 0 bridgehead atoms. The summed E-state index contributed by atoms with van der Waals surface area (Å²) in [5.74, 6) is 0.615. The second-order valence-electron chi connectivity index (χ2n) is 6.69. The lowest BCUT2D eigenvalue weighted by atomic mass is 9.97. The number of aryl methyl sites for hydroxylation is 3. The molecule has 0 saturated heterocycles. The number of nitriles is 1. The number of benzene rings is 1. The van der Waals surface area contributed by atoms with Gasteiger partial charge in [0.1, 0.15) is 17.2 Å². The Bertz CT molecular complexity index is 1070. The highest BCUT2D eigenvalue weighted by molar-refractivity contribution is 7.18. The molecule has 0 spiro atoms. The predicted octanol–water partition coefficient (Wildman–Crippen LogP) is 3.78. The first-order valence-electron chi connectivity index (χ1n) is 8.89. The highest BCUT2D eigenvalue weighted by Crippen LogP contribution is 2.33. The Morgan fingerprint density at radius 1 is 1.35 bits per heavy atom. The van der Waals surface area contributed by atoms with E-state index in [9.17, 15) is 10.1 Å². The first kappa shape index (κ1) is 16.8. The Morgan fingerprint density at radius 2 is 2.19 bits per heavy atom. The van der Waals surface area contributed by atoms with E-state index in [1.165, 1.54) is 27.0 Å². The first-order chi connectivity index (χ1) is 12.7. The van der Waals surface area contributed by atoms with Crippen molar-refractivity contribution in [1.29, 1.82) is 5.26 Å². The summed E-state index contributed by atoms with van der Waals surface area (Å²) in [5, 5.41) is 13.3. The standard InChI is InChI=1S/C20H20N4OS/c1-13-5-4-6-14(11-13)22-12-17-23-19-18(20(25)24(17)10-9-21)15-7-2-3-8-16(15)26-19/h4-6,11,22H,2-3,7-8,10,12H2,1H3. The van der Waals surface area contributed by atoms with Crippen molar-refractivity contribution in [3.8, 4) is 6.07 Å². The van der Waals surface area contributed by atoms with Crippen molar-refractivity contribution >= 4 is 27.2 Å². The molecule has 6 heteroatoms. The number of aromatic nitrogens is 2. The Labute approximate surface area is 155 Å². The maximum atomic E-state index is 13.1. The molecule has 1 N–H and O–H groups in total. The van der Waals surface area contributed by atoms with Crippen molar-refractivity contribution in [2.45, 2.75) is 45.7 Å². The van der Waals surface area contributed by atoms with Crippen molar-refractivity contribution in [2.75, 3.05) is 5.32 Å². The smallest absolute Gasteiger partial charge is 0.263 e. The van der Waals surface area contributed by atoms with Crippen LogP contribution in [0.3, 0.4) is 0 Å². The van der Waals surface area contributed by atoms with Crippen LogP contribution in [0.5, 0.6) is 0 Å². The van der Waals surface area contributed by atoms with E-state index in [-0.39, 0.29) is 12.1 Å². The minimum absolute atomic E-state index is 0.0250. The second-order valence-corrected chi connectivity index (χ2v) is 7.78. The molecule has 0 aliphatic heterocycles. The zero-order valence-electron chi connectivity index (χ0n) is 14.7. The SMILES string of the molecule is Cc1cccc(NCc2nc3sc4c(c3c(=O)n2CC#N)CCCC4)c1. The van der Waals surface area contributed by atoms with Gasteiger partial charge in [0, 0.05) is 10.6 Å². The van der Waals surface area contributed by atoms with Crippen LogP contribution in [0.25, 0.3) is 10.2 Å². The maximum Gasteiger partial charge on any atom is 0.263 e. The lowest BCUT2D eigenvalue weighted by Crippen LogP contribution is -2.26. The number of rotatable bonds is 4. The average Bonchev–Trinajstić information content (AvgIpc) is 3.01. The average molecular weight is 364 g/mol. The Morgan fingerprint density at radius 3 is 3.00 bits per heavy atom. The molecular formula is C20H20N4OS. The predicted molar refractivity (Wildman–Crippen MR) is 105 cm³/mol. The van der Waals surface area contributed by atoms with Crippen LogP contribution in [0.1, 0.15) is 34.7 Å². The van der Waals surface area contributed by atoms with Crippen LogP contribution in [-0.4, -0.2) is 9.55 Å². The number of hydrogen-bond acceptors (Lipinski definition) is 5. The molecule has 0 unspecified atom stereocenters. The highest BCUT2D eigenvalue weighted by Gasteiger charge is 2.21. The summed E-state index contributed by atoms with van der Waals surface area (Å²) in [6.07, 6.45) is 4.27. The Balaban J connectivity index is 1.77. The molecule has 26 heavy (non-hydrogen) atoms. The summed E-state index contributed by atoms with van der Waals surface area (Å²) in [5.41, 5.74) is 3.24. The molecule has 132 valence electrons. The van der Waals surface area contributed by atoms with E-state index in [0.717, 1.165) is 35.2 Å². The van der Waals surface area contributed by atoms with Gasteiger partial charge >= 0.3 is 0 Å². The van der Waals surface area contributed by atoms with Gasteiger partial charge in [-0.25, -0.2) is 4.98 Å². The monoisotopic (exact) mass is 364 g/mol. The van der Waals surface area contributed by atoms with Gasteiger partial charge < -0.3 is 5.32 Å². The number of thiophene rings is 1. The van der Waals surface area contributed by atoms with Crippen LogP contribution in [0, 0.1) is 18.3 Å². The number of nitrogens with one attached hydrogen (secondary N) is 1. The lowest BCUT2D eigenvalue weighted by Gasteiger charge is -2.13. The highest BCUT2D eigenvalue weighted by atomic mass is 32.1. The molecular weight excluding hydrogens is 344 g/mol. The van der Waals surface area contributed by atoms with Gasteiger partial charge in [0.25, 0.3) is 5.56 Å². The molecule has 0 fully saturated rings. The molecule has 1 aliphatic rings. The third-order valence-corrected chi connectivity index (χ3v) is 6.04. The second kappa shape index (κ2) is 6.93. The third-order valence-electron chi connectivity index (χ3n) is 4.85. The molecule has 0 atom stereocenters. The molecule has 0 radical (unpaired) electrons. The number of fused-ring (bicyclic) bond motifs is 3. The van der Waals surface area contributed by atoms with Crippen molar-refractivity contribution in [3.05, 3.63) is 56.4 Å². The third kappa shape index (κ3) is 2.99. The molecule has 3 aromatic rings. The summed E-state index contributed by atoms with van der Waals surface area (Å²) in [6.45, 7) is 2.48. The maximum absolute atomic E-state index is 13.1. The minimum Gasteiger partial charge on any atom is -0.378 e. The molecule has 5 nitrogen and oxygen atoms in total. The van der Waals surface area contributed by atoms with Crippen molar-refractivity contribution in [3.63, 3.8) is 0 Å². The zero-order chi connectivity index (χ0) is 18.1. The van der Waals surface area contributed by atoms with Gasteiger partial charge in [-0.15, -0.1) is 11.3 Å². The Kier molecular flexibility index (Phi) is 4.48. The van der Waals surface area contributed by atoms with Gasteiger partial charge in [0.15, 0.2) is 0 Å². The van der Waals surface area contributed by atoms with E-state index < -0.39 is 0 Å². The van der Waals surface area contributed by atoms with Gasteiger partial charge in [0.05, 0.1) is 18.0 Å². The fraction of sp³-hybridized carbons (Fsp3) is 0.350. The molecule has 2 aromatic heterocycles. The van der Waals surface area contributed by atoms with Crippen LogP contribution in [-0.2, 0) is 25.9 Å². The number of nitrogens with zero attached hydrogens (tertiary/aromatic N) is 3. The van der Waals surface area contributed by atoms with E-state index in [0.29, 0.717) is 12.4 Å². The van der Waals surface area contributed by atoms with Crippen LogP contribution in [0.15, 0.2) is 29.1 Å². The summed E-state index contributed by atoms with van der Waals surface area (Å²) in [4.78, 5) is 20.0.